The SMILES string of the molecule is Cc1ccc2oc3c(c2c1)N(c1ccc(C(C)(C)C)cc1)c1cc(N(c2ccccc2)c2ccccc2)cc2c1B3c1cc3c(cc1N2c1ccc(C(C)(C)C)cc1-c1ccccc1)C(C)(C)CCC3(C)C. The number of anilines is 9. The van der Waals surface area contributed by atoms with Crippen molar-refractivity contribution in [2.75, 3.05) is 14.7 Å². The Morgan fingerprint density at radius 3 is 1.67 bits per heavy atom. The second-order valence-corrected chi connectivity index (χ2v) is 24.2. The fourth-order valence-corrected chi connectivity index (χ4v) is 12.1. The van der Waals surface area contributed by atoms with Crippen LogP contribution in [-0.2, 0) is 21.7 Å². The van der Waals surface area contributed by atoms with Gasteiger partial charge in [0.2, 0.25) is 0 Å². The topological polar surface area (TPSA) is 22.9 Å². The van der Waals surface area contributed by atoms with Gasteiger partial charge in [0.25, 0.3) is 6.71 Å². The summed E-state index contributed by atoms with van der Waals surface area (Å²) in [6.45, 7) is 25.7. The smallest absolute Gasteiger partial charge is 0.297 e. The van der Waals surface area contributed by atoms with Crippen LogP contribution in [0.25, 0.3) is 22.1 Å². The van der Waals surface area contributed by atoms with Gasteiger partial charge in [0.05, 0.1) is 22.7 Å². The van der Waals surface area contributed by atoms with Crippen LogP contribution in [0.15, 0.2) is 180 Å². The van der Waals surface area contributed by atoms with E-state index in [0.717, 1.165) is 75.0 Å². The zero-order chi connectivity index (χ0) is 50.1. The van der Waals surface area contributed by atoms with E-state index >= 15 is 0 Å². The molecule has 0 bridgehead atoms. The summed E-state index contributed by atoms with van der Waals surface area (Å²) in [5.74, 6) is 0. The van der Waals surface area contributed by atoms with E-state index in [1.54, 1.807) is 0 Å². The van der Waals surface area contributed by atoms with E-state index in [0.29, 0.717) is 0 Å². The Balaban J connectivity index is 1.27. The molecule has 0 spiro atoms. The quantitative estimate of drug-likeness (QED) is 0.155. The van der Waals surface area contributed by atoms with E-state index in [9.17, 15) is 0 Å². The minimum Gasteiger partial charge on any atom is -0.468 e. The summed E-state index contributed by atoms with van der Waals surface area (Å²) >= 11 is 0. The number of para-hydroxylation sites is 2. The van der Waals surface area contributed by atoms with E-state index in [4.69, 9.17) is 4.42 Å². The average Bonchev–Trinajstić information content (AvgIpc) is 3.73. The fraction of sp³-hybridized carbons (Fsp3) is 0.254. The van der Waals surface area contributed by atoms with Crippen LogP contribution in [0.4, 0.5) is 51.2 Å². The molecule has 5 heteroatoms. The van der Waals surface area contributed by atoms with Crippen LogP contribution >= 0.6 is 0 Å². The van der Waals surface area contributed by atoms with E-state index < -0.39 is 0 Å². The molecular weight excluding hydrogens is 874 g/mol. The van der Waals surface area contributed by atoms with Crippen LogP contribution in [0.5, 0.6) is 0 Å². The van der Waals surface area contributed by atoms with Gasteiger partial charge in [0, 0.05) is 45.1 Å². The lowest BCUT2D eigenvalue weighted by Gasteiger charge is -2.47. The van der Waals surface area contributed by atoms with Crippen LogP contribution in [-0.4, -0.2) is 6.71 Å². The number of furan rings is 1. The Kier molecular flexibility index (Phi) is 10.4. The van der Waals surface area contributed by atoms with Gasteiger partial charge in [0.15, 0.2) is 0 Å². The Morgan fingerprint density at radius 2 is 1.07 bits per heavy atom. The van der Waals surface area contributed by atoms with E-state index in [2.05, 4.69) is 267 Å². The van der Waals surface area contributed by atoms with Crippen molar-refractivity contribution in [2.24, 2.45) is 0 Å². The predicted octanol–water partition coefficient (Wildman–Crippen LogP) is 16.9. The first-order valence-electron chi connectivity index (χ1n) is 26.1. The second-order valence-electron chi connectivity index (χ2n) is 24.2. The maximum atomic E-state index is 7.45. The highest BCUT2D eigenvalue weighted by atomic mass is 16.3. The van der Waals surface area contributed by atoms with Crippen LogP contribution in [0, 0.1) is 6.92 Å². The van der Waals surface area contributed by atoms with Crippen molar-refractivity contribution in [2.45, 2.75) is 111 Å². The second kappa shape index (κ2) is 16.4. The molecule has 72 heavy (non-hydrogen) atoms. The summed E-state index contributed by atoms with van der Waals surface area (Å²) in [5, 5.41) is 1.12. The summed E-state index contributed by atoms with van der Waals surface area (Å²) in [7, 11) is 0. The van der Waals surface area contributed by atoms with Crippen molar-refractivity contribution in [3.63, 3.8) is 0 Å². The van der Waals surface area contributed by atoms with E-state index in [-0.39, 0.29) is 28.4 Å². The molecule has 0 radical (unpaired) electrons. The van der Waals surface area contributed by atoms with Gasteiger partial charge in [-0.1, -0.05) is 172 Å². The first-order valence-corrected chi connectivity index (χ1v) is 26.1. The normalized spacial score (nSPS) is 15.5. The molecule has 1 aromatic heterocycles. The van der Waals surface area contributed by atoms with Gasteiger partial charge in [-0.25, -0.2) is 0 Å². The molecule has 358 valence electrons. The van der Waals surface area contributed by atoms with E-state index in [1.807, 2.05) is 0 Å². The molecule has 0 atom stereocenters. The maximum Gasteiger partial charge on any atom is 0.297 e. The highest BCUT2D eigenvalue weighted by Gasteiger charge is 2.49. The van der Waals surface area contributed by atoms with Crippen LogP contribution in [0.1, 0.15) is 110 Å². The highest BCUT2D eigenvalue weighted by Crippen LogP contribution is 2.54. The van der Waals surface area contributed by atoms with Crippen molar-refractivity contribution >= 4 is 85.5 Å². The molecule has 0 saturated heterocycles. The van der Waals surface area contributed by atoms with Crippen molar-refractivity contribution in [1.82, 2.24) is 0 Å². The van der Waals surface area contributed by atoms with Gasteiger partial charge in [0.1, 0.15) is 5.58 Å². The van der Waals surface area contributed by atoms with Gasteiger partial charge in [-0.15, -0.1) is 0 Å². The third-order valence-electron chi connectivity index (χ3n) is 16.2. The largest absolute Gasteiger partial charge is 0.468 e. The van der Waals surface area contributed by atoms with Gasteiger partial charge in [-0.05, 0) is 159 Å². The van der Waals surface area contributed by atoms with Crippen molar-refractivity contribution in [3.8, 4) is 11.1 Å². The molecular formula is C67H66BN3O. The molecule has 3 heterocycles. The zero-order valence-corrected chi connectivity index (χ0v) is 44.0. The number of nitrogens with zero attached hydrogens (tertiary/aromatic N) is 3. The fourth-order valence-electron chi connectivity index (χ4n) is 12.1. The van der Waals surface area contributed by atoms with Crippen LogP contribution in [0.3, 0.4) is 0 Å². The monoisotopic (exact) mass is 940 g/mol. The van der Waals surface area contributed by atoms with Crippen LogP contribution < -0.4 is 31.3 Å². The molecule has 0 unspecified atom stereocenters. The summed E-state index contributed by atoms with van der Waals surface area (Å²) in [4.78, 5) is 7.62. The van der Waals surface area contributed by atoms with Gasteiger partial charge >= 0.3 is 0 Å². The zero-order valence-electron chi connectivity index (χ0n) is 44.0. The Bertz CT molecular complexity index is 3520. The number of benzene rings is 8. The summed E-state index contributed by atoms with van der Waals surface area (Å²) in [5.41, 5.74) is 23.5. The Hall–Kier alpha value is -7.24. The number of hydrogen-bond donors (Lipinski definition) is 0. The van der Waals surface area contributed by atoms with Crippen molar-refractivity contribution < 1.29 is 4.42 Å². The highest BCUT2D eigenvalue weighted by molar-refractivity contribution is 7.00. The molecule has 2 aliphatic heterocycles. The van der Waals surface area contributed by atoms with Crippen molar-refractivity contribution in [3.05, 3.63) is 204 Å². The van der Waals surface area contributed by atoms with Gasteiger partial charge < -0.3 is 19.1 Å². The lowest BCUT2D eigenvalue weighted by atomic mass is 9.35. The molecule has 0 saturated carbocycles. The average molecular weight is 940 g/mol. The molecule has 8 aromatic carbocycles. The minimum absolute atomic E-state index is 0.00816. The molecule has 9 aromatic rings. The maximum absolute atomic E-state index is 7.45. The molecule has 4 nitrogen and oxygen atoms in total. The number of fused-ring (bicyclic) bond motifs is 7. The molecule has 3 aliphatic rings. The van der Waals surface area contributed by atoms with Crippen molar-refractivity contribution in [1.29, 1.82) is 0 Å². The summed E-state index contributed by atoms with van der Waals surface area (Å²) in [6.07, 6.45) is 2.24. The van der Waals surface area contributed by atoms with E-state index in [1.165, 1.54) is 55.6 Å². The number of rotatable bonds is 6. The molecule has 0 N–H and O–H groups in total. The first-order chi connectivity index (χ1) is 34.4. The minimum atomic E-state index is -0.204. The lowest BCUT2D eigenvalue weighted by Crippen LogP contribution is -2.61. The van der Waals surface area contributed by atoms with Gasteiger partial charge in [-0.2, -0.15) is 0 Å². The Morgan fingerprint density at radius 1 is 0.514 bits per heavy atom. The summed E-state index contributed by atoms with van der Waals surface area (Å²) in [6, 6.07) is 66.2. The number of hydrogen-bond acceptors (Lipinski definition) is 4. The molecule has 1 aliphatic carbocycles. The molecule has 0 amide bonds. The third kappa shape index (κ3) is 7.41. The standard InChI is InChI=1S/C67H66BN3O/c1-43-27-34-60-52(37-43)62-63(72-60)68-55-41-53-54(67(10,11)36-35-66(53,8)9)42-57(55)71(56-33-30-46(65(5,6)7)38-51(56)44-21-15-12-16-22-44)59-40-50(69(47-23-17-13-18-24-47)48-25-19-14-20-26-48)39-58(61(59)68)70(62)49-31-28-45(29-32-49)64(2,3)4/h12-34,37-42H,35-36H2,1-11H3. The lowest BCUT2D eigenvalue weighted by molar-refractivity contribution is 0.332. The molecule has 0 fully saturated rings. The van der Waals surface area contributed by atoms with Gasteiger partial charge in [-0.3, -0.25) is 0 Å². The first kappa shape index (κ1) is 45.9. The predicted molar refractivity (Wildman–Crippen MR) is 308 cm³/mol. The number of aryl methyl sites for hydroxylation is 1. The molecule has 12 rings (SSSR count). The third-order valence-corrected chi connectivity index (χ3v) is 16.2. The summed E-state index contributed by atoms with van der Waals surface area (Å²) < 4.78 is 7.45. The van der Waals surface area contributed by atoms with Crippen LogP contribution in [0.2, 0.25) is 0 Å². The Labute approximate surface area is 428 Å².